The molecule has 1 fully saturated rings. The maximum atomic E-state index is 9.08. The average molecular weight is 158 g/mol. The van der Waals surface area contributed by atoms with Crippen molar-refractivity contribution < 1.29 is 9.84 Å². The van der Waals surface area contributed by atoms with Crippen LogP contribution in [-0.4, -0.2) is 24.4 Å². The van der Waals surface area contributed by atoms with E-state index < -0.39 is 0 Å². The lowest BCUT2D eigenvalue weighted by Gasteiger charge is -2.23. The summed E-state index contributed by atoms with van der Waals surface area (Å²) in [4.78, 5) is 0. The molecule has 0 saturated carbocycles. The fourth-order valence-corrected chi connectivity index (χ4v) is 1.70. The van der Waals surface area contributed by atoms with Crippen molar-refractivity contribution in [3.05, 3.63) is 0 Å². The van der Waals surface area contributed by atoms with Crippen molar-refractivity contribution >= 4 is 0 Å². The molecule has 1 heterocycles. The van der Waals surface area contributed by atoms with Crippen molar-refractivity contribution in [2.24, 2.45) is 11.8 Å². The monoisotopic (exact) mass is 158 g/mol. The van der Waals surface area contributed by atoms with Gasteiger partial charge in [0.15, 0.2) is 0 Å². The van der Waals surface area contributed by atoms with E-state index in [9.17, 15) is 0 Å². The molecule has 0 aromatic carbocycles. The maximum absolute atomic E-state index is 9.08. The largest absolute Gasteiger partial charge is 0.396 e. The lowest BCUT2D eigenvalue weighted by molar-refractivity contribution is 0.0167. The molecule has 2 nitrogen and oxygen atoms in total. The molecule has 2 unspecified atom stereocenters. The molecule has 0 aromatic heterocycles. The smallest absolute Gasteiger partial charge is 0.0628 e. The summed E-state index contributed by atoms with van der Waals surface area (Å²) in [6, 6.07) is 0. The van der Waals surface area contributed by atoms with Gasteiger partial charge in [-0.2, -0.15) is 0 Å². The van der Waals surface area contributed by atoms with Gasteiger partial charge in [-0.3, -0.25) is 0 Å². The van der Waals surface area contributed by atoms with E-state index in [1.807, 2.05) is 0 Å². The summed E-state index contributed by atoms with van der Waals surface area (Å²) in [6.07, 6.45) is 2.61. The van der Waals surface area contributed by atoms with Crippen LogP contribution in [0.15, 0.2) is 0 Å². The van der Waals surface area contributed by atoms with Crippen LogP contribution in [0, 0.1) is 11.8 Å². The molecular formula is C9H18O2. The molecule has 66 valence electrons. The molecular weight excluding hydrogens is 140 g/mol. The highest BCUT2D eigenvalue weighted by atomic mass is 16.5. The number of rotatable bonds is 3. The van der Waals surface area contributed by atoms with Gasteiger partial charge < -0.3 is 9.84 Å². The summed E-state index contributed by atoms with van der Waals surface area (Å²) in [5.74, 6) is 0.876. The summed E-state index contributed by atoms with van der Waals surface area (Å²) in [6.45, 7) is 5.43. The van der Waals surface area contributed by atoms with E-state index in [-0.39, 0.29) is 6.61 Å². The second-order valence-electron chi connectivity index (χ2n) is 3.64. The Bertz CT molecular complexity index is 106. The third kappa shape index (κ3) is 2.17. The fraction of sp³-hybridized carbons (Fsp3) is 1.00. The predicted molar refractivity (Wildman–Crippen MR) is 44.4 cm³/mol. The van der Waals surface area contributed by atoms with Crippen molar-refractivity contribution in [1.29, 1.82) is 0 Å². The van der Waals surface area contributed by atoms with Crippen LogP contribution in [0.4, 0.5) is 0 Å². The van der Waals surface area contributed by atoms with Crippen molar-refractivity contribution in [2.75, 3.05) is 13.2 Å². The van der Waals surface area contributed by atoms with Crippen LogP contribution in [0.25, 0.3) is 0 Å². The second-order valence-corrected chi connectivity index (χ2v) is 3.64. The van der Waals surface area contributed by atoms with Crippen LogP contribution in [0.2, 0.25) is 0 Å². The topological polar surface area (TPSA) is 29.5 Å². The van der Waals surface area contributed by atoms with Gasteiger partial charge in [0.25, 0.3) is 0 Å². The van der Waals surface area contributed by atoms with Crippen LogP contribution in [-0.2, 0) is 4.74 Å². The zero-order chi connectivity index (χ0) is 8.27. The molecule has 0 spiro atoms. The van der Waals surface area contributed by atoms with Crippen LogP contribution >= 0.6 is 0 Å². The molecule has 2 heteroatoms. The van der Waals surface area contributed by atoms with E-state index in [1.54, 1.807) is 0 Å². The summed E-state index contributed by atoms with van der Waals surface area (Å²) < 4.78 is 5.51. The summed E-state index contributed by atoms with van der Waals surface area (Å²) in [5.41, 5.74) is 0. The highest BCUT2D eigenvalue weighted by molar-refractivity contribution is 4.76. The molecule has 1 saturated heterocycles. The van der Waals surface area contributed by atoms with Crippen molar-refractivity contribution in [3.8, 4) is 0 Å². The van der Waals surface area contributed by atoms with E-state index >= 15 is 0 Å². The Labute approximate surface area is 68.6 Å². The summed E-state index contributed by atoms with van der Waals surface area (Å²) in [7, 11) is 0. The molecule has 11 heavy (non-hydrogen) atoms. The molecule has 1 aliphatic heterocycles. The standard InChI is InChI=1S/C9H18O2/c1-7(2)8(6-10)9-4-3-5-11-9/h7-10H,3-6H2,1-2H3. The van der Waals surface area contributed by atoms with Crippen LogP contribution in [0.3, 0.4) is 0 Å². The number of hydrogen-bond acceptors (Lipinski definition) is 2. The Balaban J connectivity index is 2.40. The molecule has 2 atom stereocenters. The van der Waals surface area contributed by atoms with Gasteiger partial charge in [-0.25, -0.2) is 0 Å². The van der Waals surface area contributed by atoms with Gasteiger partial charge in [0.05, 0.1) is 6.10 Å². The molecule has 1 N–H and O–H groups in total. The fourth-order valence-electron chi connectivity index (χ4n) is 1.70. The Morgan fingerprint density at radius 1 is 1.55 bits per heavy atom. The number of aliphatic hydroxyl groups is 1. The number of ether oxygens (including phenoxy) is 1. The lowest BCUT2D eigenvalue weighted by atomic mass is 9.90. The third-order valence-corrected chi connectivity index (χ3v) is 2.51. The predicted octanol–water partition coefficient (Wildman–Crippen LogP) is 1.43. The maximum Gasteiger partial charge on any atom is 0.0628 e. The quantitative estimate of drug-likeness (QED) is 0.673. The van der Waals surface area contributed by atoms with E-state index in [0.29, 0.717) is 17.9 Å². The first-order chi connectivity index (χ1) is 5.25. The highest BCUT2D eigenvalue weighted by Crippen LogP contribution is 2.25. The molecule has 0 radical (unpaired) electrons. The van der Waals surface area contributed by atoms with Crippen LogP contribution in [0.5, 0.6) is 0 Å². The normalized spacial score (nSPS) is 27.8. The van der Waals surface area contributed by atoms with Crippen LogP contribution in [0.1, 0.15) is 26.7 Å². The molecule has 0 aliphatic carbocycles. The van der Waals surface area contributed by atoms with E-state index in [2.05, 4.69) is 13.8 Å². The van der Waals surface area contributed by atoms with Gasteiger partial charge in [0, 0.05) is 19.1 Å². The first-order valence-corrected chi connectivity index (χ1v) is 4.48. The third-order valence-electron chi connectivity index (χ3n) is 2.51. The minimum absolute atomic E-state index is 0.266. The van der Waals surface area contributed by atoms with Crippen molar-refractivity contribution in [3.63, 3.8) is 0 Å². The first kappa shape index (κ1) is 9.01. The van der Waals surface area contributed by atoms with Gasteiger partial charge in [0.1, 0.15) is 0 Å². The zero-order valence-electron chi connectivity index (χ0n) is 7.42. The number of aliphatic hydroxyl groups excluding tert-OH is 1. The van der Waals surface area contributed by atoms with E-state index in [0.717, 1.165) is 19.4 Å². The van der Waals surface area contributed by atoms with Crippen LogP contribution < -0.4 is 0 Å². The van der Waals surface area contributed by atoms with Gasteiger partial charge in [-0.15, -0.1) is 0 Å². The van der Waals surface area contributed by atoms with Gasteiger partial charge in [0.2, 0.25) is 0 Å². The van der Waals surface area contributed by atoms with E-state index in [4.69, 9.17) is 9.84 Å². The number of hydrogen-bond donors (Lipinski definition) is 1. The van der Waals surface area contributed by atoms with Gasteiger partial charge >= 0.3 is 0 Å². The Morgan fingerprint density at radius 2 is 2.27 bits per heavy atom. The highest BCUT2D eigenvalue weighted by Gasteiger charge is 2.27. The molecule has 1 aliphatic rings. The van der Waals surface area contributed by atoms with Crippen molar-refractivity contribution in [1.82, 2.24) is 0 Å². The van der Waals surface area contributed by atoms with Gasteiger partial charge in [-0.1, -0.05) is 13.8 Å². The summed E-state index contributed by atoms with van der Waals surface area (Å²) in [5, 5.41) is 9.08. The van der Waals surface area contributed by atoms with Crippen molar-refractivity contribution in [2.45, 2.75) is 32.8 Å². The Morgan fingerprint density at radius 3 is 2.64 bits per heavy atom. The van der Waals surface area contributed by atoms with Gasteiger partial charge in [-0.05, 0) is 18.8 Å². The molecule has 0 bridgehead atoms. The minimum atomic E-state index is 0.266. The minimum Gasteiger partial charge on any atom is -0.396 e. The Kier molecular flexibility index (Phi) is 3.34. The Hall–Kier alpha value is -0.0800. The SMILES string of the molecule is CC(C)C(CO)C1CCCO1. The zero-order valence-corrected chi connectivity index (χ0v) is 7.42. The average Bonchev–Trinajstić information content (AvgIpc) is 2.40. The molecule has 1 rings (SSSR count). The molecule has 0 aromatic rings. The molecule has 0 amide bonds. The summed E-state index contributed by atoms with van der Waals surface area (Å²) >= 11 is 0. The lowest BCUT2D eigenvalue weighted by Crippen LogP contribution is -2.27. The second kappa shape index (κ2) is 4.07. The van der Waals surface area contributed by atoms with E-state index in [1.165, 1.54) is 0 Å². The first-order valence-electron chi connectivity index (χ1n) is 4.48.